The Morgan fingerprint density at radius 1 is 0.926 bits per heavy atom. The van der Waals surface area contributed by atoms with Crippen molar-refractivity contribution in [2.75, 3.05) is 13.2 Å². The number of ether oxygens (including phenoxy) is 2. The number of pyridine rings is 1. The maximum absolute atomic E-state index is 11.9. The molecular formula is C21H19N3O3. The van der Waals surface area contributed by atoms with Crippen LogP contribution in [0.25, 0.3) is 0 Å². The summed E-state index contributed by atoms with van der Waals surface area (Å²) in [6, 6.07) is 20.3. The molecule has 0 saturated carbocycles. The van der Waals surface area contributed by atoms with Crippen LogP contribution in [0.2, 0.25) is 0 Å². The van der Waals surface area contributed by atoms with Gasteiger partial charge < -0.3 is 9.47 Å². The van der Waals surface area contributed by atoms with E-state index in [1.165, 1.54) is 0 Å². The normalized spacial score (nSPS) is 10.5. The number of nitrogens with one attached hydrogen (secondary N) is 1. The van der Waals surface area contributed by atoms with Gasteiger partial charge in [0.1, 0.15) is 24.7 Å². The molecule has 1 aromatic heterocycles. The first-order valence-corrected chi connectivity index (χ1v) is 8.45. The highest BCUT2D eigenvalue weighted by Crippen LogP contribution is 2.13. The number of aromatic nitrogens is 1. The lowest BCUT2D eigenvalue weighted by Gasteiger charge is -2.08. The molecule has 0 saturated heterocycles. The number of nitrogens with zero attached hydrogens (tertiary/aromatic N) is 2. The first-order valence-electron chi connectivity index (χ1n) is 8.45. The van der Waals surface area contributed by atoms with Crippen LogP contribution in [-0.2, 0) is 0 Å². The zero-order valence-corrected chi connectivity index (χ0v) is 14.6. The molecule has 136 valence electrons. The Balaban J connectivity index is 1.46. The third kappa shape index (κ3) is 5.97. The Morgan fingerprint density at radius 2 is 1.63 bits per heavy atom. The lowest BCUT2D eigenvalue weighted by Crippen LogP contribution is -2.17. The van der Waals surface area contributed by atoms with Crippen LogP contribution in [0.4, 0.5) is 0 Å². The molecule has 2 aromatic carbocycles. The van der Waals surface area contributed by atoms with Crippen molar-refractivity contribution in [2.45, 2.75) is 0 Å². The fourth-order valence-corrected chi connectivity index (χ4v) is 2.25. The van der Waals surface area contributed by atoms with E-state index in [0.29, 0.717) is 24.5 Å². The number of rotatable bonds is 8. The van der Waals surface area contributed by atoms with Crippen molar-refractivity contribution in [3.05, 3.63) is 90.3 Å². The van der Waals surface area contributed by atoms with Crippen LogP contribution in [0, 0.1) is 0 Å². The van der Waals surface area contributed by atoms with E-state index >= 15 is 0 Å². The van der Waals surface area contributed by atoms with Gasteiger partial charge in [-0.1, -0.05) is 30.3 Å². The number of hydrogen-bond acceptors (Lipinski definition) is 5. The fraction of sp³-hybridized carbons (Fsp3) is 0.0952. The van der Waals surface area contributed by atoms with Gasteiger partial charge in [-0.15, -0.1) is 0 Å². The van der Waals surface area contributed by atoms with Crippen molar-refractivity contribution in [2.24, 2.45) is 5.10 Å². The van der Waals surface area contributed by atoms with Crippen molar-refractivity contribution in [3.63, 3.8) is 0 Å². The molecular weight excluding hydrogens is 342 g/mol. The van der Waals surface area contributed by atoms with Crippen LogP contribution < -0.4 is 14.9 Å². The predicted molar refractivity (Wildman–Crippen MR) is 103 cm³/mol. The Morgan fingerprint density at radius 3 is 2.41 bits per heavy atom. The summed E-state index contributed by atoms with van der Waals surface area (Å²) in [6.07, 6.45) is 4.67. The summed E-state index contributed by atoms with van der Waals surface area (Å²) in [4.78, 5) is 15.8. The Kier molecular flexibility index (Phi) is 6.53. The minimum absolute atomic E-state index is 0.292. The minimum Gasteiger partial charge on any atom is -0.490 e. The summed E-state index contributed by atoms with van der Waals surface area (Å²) in [7, 11) is 0. The average molecular weight is 361 g/mol. The van der Waals surface area contributed by atoms with Crippen molar-refractivity contribution in [3.8, 4) is 11.5 Å². The minimum atomic E-state index is -0.292. The second-order valence-electron chi connectivity index (χ2n) is 5.52. The zero-order valence-electron chi connectivity index (χ0n) is 14.6. The van der Waals surface area contributed by atoms with Crippen molar-refractivity contribution in [1.82, 2.24) is 10.4 Å². The molecule has 0 atom stereocenters. The van der Waals surface area contributed by atoms with Crippen LogP contribution in [-0.4, -0.2) is 30.3 Å². The first-order chi connectivity index (χ1) is 13.3. The topological polar surface area (TPSA) is 72.8 Å². The van der Waals surface area contributed by atoms with Gasteiger partial charge in [-0.05, 0) is 42.0 Å². The van der Waals surface area contributed by atoms with Crippen LogP contribution in [0.5, 0.6) is 11.5 Å². The summed E-state index contributed by atoms with van der Waals surface area (Å²) < 4.78 is 11.3. The fourth-order valence-electron chi connectivity index (χ4n) is 2.25. The molecule has 0 unspecified atom stereocenters. The van der Waals surface area contributed by atoms with E-state index < -0.39 is 0 Å². The Bertz CT molecular complexity index is 883. The number of para-hydroxylation sites is 1. The van der Waals surface area contributed by atoms with Gasteiger partial charge in [-0.3, -0.25) is 9.78 Å². The van der Waals surface area contributed by atoms with Gasteiger partial charge >= 0.3 is 0 Å². The second kappa shape index (κ2) is 9.72. The molecule has 0 aliphatic heterocycles. The van der Waals surface area contributed by atoms with E-state index in [4.69, 9.17) is 9.47 Å². The number of carbonyl (C=O) groups is 1. The van der Waals surface area contributed by atoms with Crippen molar-refractivity contribution < 1.29 is 14.3 Å². The van der Waals surface area contributed by atoms with Gasteiger partial charge in [0.05, 0.1) is 6.21 Å². The highest BCUT2D eigenvalue weighted by atomic mass is 16.5. The van der Waals surface area contributed by atoms with Crippen molar-refractivity contribution in [1.29, 1.82) is 0 Å². The number of benzene rings is 2. The SMILES string of the molecule is O=C(N/N=C/c1cccc(OCCOc2ccccc2)c1)c1ccncc1. The smallest absolute Gasteiger partial charge is 0.271 e. The molecule has 0 bridgehead atoms. The van der Waals surface area contributed by atoms with E-state index in [-0.39, 0.29) is 5.91 Å². The van der Waals surface area contributed by atoms with Gasteiger partial charge in [0.25, 0.3) is 5.91 Å². The molecule has 0 spiro atoms. The van der Waals surface area contributed by atoms with Gasteiger partial charge in [0, 0.05) is 18.0 Å². The molecule has 3 rings (SSSR count). The summed E-state index contributed by atoms with van der Waals surface area (Å²) in [5, 5.41) is 3.97. The highest BCUT2D eigenvalue weighted by Gasteiger charge is 2.02. The first kappa shape index (κ1) is 18.1. The van der Waals surface area contributed by atoms with Crippen LogP contribution in [0.15, 0.2) is 84.2 Å². The monoisotopic (exact) mass is 361 g/mol. The summed E-state index contributed by atoms with van der Waals surface area (Å²) in [6.45, 7) is 0.874. The van der Waals surface area contributed by atoms with Gasteiger partial charge in [-0.2, -0.15) is 5.10 Å². The van der Waals surface area contributed by atoms with Crippen molar-refractivity contribution >= 4 is 12.1 Å². The molecule has 0 aliphatic carbocycles. The number of carbonyl (C=O) groups excluding carboxylic acids is 1. The average Bonchev–Trinajstić information content (AvgIpc) is 2.73. The summed E-state index contributed by atoms with van der Waals surface area (Å²) in [5.41, 5.74) is 3.79. The number of amides is 1. The van der Waals surface area contributed by atoms with E-state index in [9.17, 15) is 4.79 Å². The molecule has 1 heterocycles. The summed E-state index contributed by atoms with van der Waals surface area (Å²) in [5.74, 6) is 1.22. The number of hydrogen-bond donors (Lipinski definition) is 1. The van der Waals surface area contributed by atoms with E-state index in [1.54, 1.807) is 30.7 Å². The largest absolute Gasteiger partial charge is 0.490 e. The lowest BCUT2D eigenvalue weighted by molar-refractivity contribution is 0.0955. The van der Waals surface area contributed by atoms with Crippen LogP contribution in [0.3, 0.4) is 0 Å². The Labute approximate surface area is 157 Å². The molecule has 27 heavy (non-hydrogen) atoms. The van der Waals surface area contributed by atoms with Gasteiger partial charge in [0.2, 0.25) is 0 Å². The lowest BCUT2D eigenvalue weighted by atomic mass is 10.2. The predicted octanol–water partition coefficient (Wildman–Crippen LogP) is 3.30. The molecule has 1 amide bonds. The summed E-state index contributed by atoms with van der Waals surface area (Å²) >= 11 is 0. The van der Waals surface area contributed by atoms with Crippen LogP contribution in [0.1, 0.15) is 15.9 Å². The number of hydrazone groups is 1. The standard InChI is InChI=1S/C21H19N3O3/c25-21(18-9-11-22-12-10-18)24-23-16-17-5-4-8-20(15-17)27-14-13-26-19-6-2-1-3-7-19/h1-12,15-16H,13-14H2,(H,24,25)/b23-16+. The third-order valence-corrected chi connectivity index (χ3v) is 3.54. The maximum atomic E-state index is 11.9. The van der Waals surface area contributed by atoms with Crippen LogP contribution >= 0.6 is 0 Å². The van der Waals surface area contributed by atoms with E-state index in [2.05, 4.69) is 15.5 Å². The molecule has 3 aromatic rings. The van der Waals surface area contributed by atoms with Gasteiger partial charge in [-0.25, -0.2) is 5.43 Å². The molecule has 1 N–H and O–H groups in total. The highest BCUT2D eigenvalue weighted by molar-refractivity contribution is 5.94. The third-order valence-electron chi connectivity index (χ3n) is 3.54. The molecule has 6 nitrogen and oxygen atoms in total. The van der Waals surface area contributed by atoms with E-state index in [1.807, 2.05) is 54.6 Å². The maximum Gasteiger partial charge on any atom is 0.271 e. The van der Waals surface area contributed by atoms with E-state index in [0.717, 1.165) is 11.3 Å². The Hall–Kier alpha value is -3.67. The quantitative estimate of drug-likeness (QED) is 0.380. The molecule has 0 fully saturated rings. The zero-order chi connectivity index (χ0) is 18.7. The van der Waals surface area contributed by atoms with Gasteiger partial charge in [0.15, 0.2) is 0 Å². The molecule has 0 aliphatic rings. The molecule has 0 radical (unpaired) electrons. The molecule has 6 heteroatoms. The second-order valence-corrected chi connectivity index (χ2v) is 5.52.